The minimum Gasteiger partial charge on any atom is -0.310 e. The van der Waals surface area contributed by atoms with Crippen LogP contribution in [0.5, 0.6) is 0 Å². The van der Waals surface area contributed by atoms with Gasteiger partial charge in [-0.25, -0.2) is 0 Å². The second kappa shape index (κ2) is 16.3. The first kappa shape index (κ1) is 38.2. The molecule has 0 aliphatic heterocycles. The average Bonchev–Trinajstić information content (AvgIpc) is 3.39. The molecule has 0 saturated carbocycles. The van der Waals surface area contributed by atoms with Gasteiger partial charge in [-0.3, -0.25) is 0 Å². The van der Waals surface area contributed by atoms with Crippen molar-refractivity contribution in [1.29, 1.82) is 0 Å². The molecule has 0 amide bonds. The van der Waals surface area contributed by atoms with Gasteiger partial charge >= 0.3 is 0 Å². The van der Waals surface area contributed by atoms with Gasteiger partial charge in [0.05, 0.1) is 0 Å². The lowest BCUT2D eigenvalue weighted by atomic mass is 9.90. The van der Waals surface area contributed by atoms with Crippen LogP contribution in [0.4, 0.5) is 17.1 Å². The molecule has 0 aliphatic rings. The van der Waals surface area contributed by atoms with Crippen LogP contribution in [-0.4, -0.2) is 0 Å². The van der Waals surface area contributed by atoms with E-state index in [-0.39, 0.29) is 0 Å². The smallest absolute Gasteiger partial charge is 0.0467 e. The van der Waals surface area contributed by atoms with E-state index in [9.17, 15) is 0 Å². The Balaban J connectivity index is 0.927. The van der Waals surface area contributed by atoms with Gasteiger partial charge in [-0.05, 0) is 147 Å². The Hall–Kier alpha value is -8.52. The molecule has 1 heteroatoms. The van der Waals surface area contributed by atoms with Gasteiger partial charge in [-0.15, -0.1) is 0 Å². The first-order chi connectivity index (χ1) is 32.2. The largest absolute Gasteiger partial charge is 0.310 e. The molecule has 12 aromatic rings. The highest BCUT2D eigenvalue weighted by molar-refractivity contribution is 6.08. The van der Waals surface area contributed by atoms with Crippen molar-refractivity contribution in [3.63, 3.8) is 0 Å². The maximum absolute atomic E-state index is 2.38. The number of fused-ring (bicyclic) bond motifs is 5. The van der Waals surface area contributed by atoms with Gasteiger partial charge in [0, 0.05) is 17.1 Å². The van der Waals surface area contributed by atoms with E-state index in [1.165, 1.54) is 98.7 Å². The summed E-state index contributed by atoms with van der Waals surface area (Å²) in [6.07, 6.45) is 0. The molecule has 0 aromatic heterocycles. The fourth-order valence-electron chi connectivity index (χ4n) is 9.71. The molecule has 12 rings (SSSR count). The first-order valence-electron chi connectivity index (χ1n) is 22.4. The third-order valence-electron chi connectivity index (χ3n) is 13.0. The van der Waals surface area contributed by atoms with Gasteiger partial charge in [0.15, 0.2) is 0 Å². The molecule has 0 N–H and O–H groups in total. The molecule has 12 aromatic carbocycles. The first-order valence-corrected chi connectivity index (χ1v) is 22.4. The summed E-state index contributed by atoms with van der Waals surface area (Å²) in [5.74, 6) is 0. The Bertz CT molecular complexity index is 3680. The predicted octanol–water partition coefficient (Wildman–Crippen LogP) is 18.1. The molecular formula is C64H43N. The maximum atomic E-state index is 2.38. The molecule has 0 aliphatic carbocycles. The van der Waals surface area contributed by atoms with Gasteiger partial charge in [0.25, 0.3) is 0 Å². The standard InChI is InChI=1S/C64H43N/c1-2-14-51(15-3-1)64-62-20-9-7-13-49(62)33-40-63(64)50-31-37-58(38-32-50)65(59-18-10-17-53(43-59)55-34-39-61-56(42-55)28-26-48-12-6-8-19-60(48)61)57-35-29-46(30-36-57)45-21-23-47(24-22-45)54-27-25-44-11-4-5-16-52(44)41-54/h1-43H. The van der Waals surface area contributed by atoms with Crippen LogP contribution in [-0.2, 0) is 0 Å². The van der Waals surface area contributed by atoms with Crippen LogP contribution >= 0.6 is 0 Å². The summed E-state index contributed by atoms with van der Waals surface area (Å²) < 4.78 is 0. The number of hydrogen-bond donors (Lipinski definition) is 0. The number of rotatable bonds is 8. The quantitative estimate of drug-likeness (QED) is 0.138. The molecule has 0 radical (unpaired) electrons. The molecule has 0 unspecified atom stereocenters. The van der Waals surface area contributed by atoms with Crippen molar-refractivity contribution in [3.8, 4) is 55.6 Å². The third kappa shape index (κ3) is 7.20. The van der Waals surface area contributed by atoms with Crippen molar-refractivity contribution in [1.82, 2.24) is 0 Å². The highest BCUT2D eigenvalue weighted by Gasteiger charge is 2.17. The van der Waals surface area contributed by atoms with Crippen molar-refractivity contribution in [3.05, 3.63) is 261 Å². The van der Waals surface area contributed by atoms with Crippen molar-refractivity contribution in [2.45, 2.75) is 0 Å². The Morgan fingerprint density at radius 2 is 0.646 bits per heavy atom. The number of nitrogens with zero attached hydrogens (tertiary/aromatic N) is 1. The summed E-state index contributed by atoms with van der Waals surface area (Å²) >= 11 is 0. The zero-order valence-electron chi connectivity index (χ0n) is 35.8. The summed E-state index contributed by atoms with van der Waals surface area (Å²) in [6, 6.07) is 95.3. The number of benzene rings is 12. The topological polar surface area (TPSA) is 3.24 Å². The van der Waals surface area contributed by atoms with Crippen LogP contribution in [0.2, 0.25) is 0 Å². The van der Waals surface area contributed by atoms with E-state index in [2.05, 4.69) is 266 Å². The van der Waals surface area contributed by atoms with E-state index in [1.807, 2.05) is 0 Å². The molecule has 0 bridgehead atoms. The van der Waals surface area contributed by atoms with Crippen molar-refractivity contribution in [2.75, 3.05) is 4.90 Å². The highest BCUT2D eigenvalue weighted by atomic mass is 15.1. The highest BCUT2D eigenvalue weighted by Crippen LogP contribution is 2.42. The Labute approximate surface area is 379 Å². The second-order valence-electron chi connectivity index (χ2n) is 16.9. The average molecular weight is 826 g/mol. The Kier molecular flexibility index (Phi) is 9.58. The predicted molar refractivity (Wildman–Crippen MR) is 278 cm³/mol. The van der Waals surface area contributed by atoms with Gasteiger partial charge in [0.1, 0.15) is 0 Å². The van der Waals surface area contributed by atoms with Crippen LogP contribution in [0.15, 0.2) is 261 Å². The van der Waals surface area contributed by atoms with Crippen LogP contribution in [0.1, 0.15) is 0 Å². The molecule has 65 heavy (non-hydrogen) atoms. The summed E-state index contributed by atoms with van der Waals surface area (Å²) in [5, 5.41) is 10.1. The fraction of sp³-hybridized carbons (Fsp3) is 0. The minimum atomic E-state index is 1.09. The lowest BCUT2D eigenvalue weighted by molar-refractivity contribution is 1.28. The van der Waals surface area contributed by atoms with E-state index in [4.69, 9.17) is 0 Å². The lowest BCUT2D eigenvalue weighted by Gasteiger charge is -2.26. The third-order valence-corrected chi connectivity index (χ3v) is 13.0. The zero-order valence-corrected chi connectivity index (χ0v) is 35.8. The molecule has 0 spiro atoms. The van der Waals surface area contributed by atoms with Gasteiger partial charge in [-0.2, -0.15) is 0 Å². The Morgan fingerprint density at radius 1 is 0.200 bits per heavy atom. The lowest BCUT2D eigenvalue weighted by Crippen LogP contribution is -2.10. The number of anilines is 3. The van der Waals surface area contributed by atoms with Crippen LogP contribution in [0, 0.1) is 0 Å². The van der Waals surface area contributed by atoms with Crippen molar-refractivity contribution in [2.24, 2.45) is 0 Å². The van der Waals surface area contributed by atoms with Gasteiger partial charge in [0.2, 0.25) is 0 Å². The molecule has 0 atom stereocenters. The van der Waals surface area contributed by atoms with Crippen molar-refractivity contribution >= 4 is 60.2 Å². The normalized spacial score (nSPS) is 11.4. The minimum absolute atomic E-state index is 1.09. The molecule has 0 heterocycles. The van der Waals surface area contributed by atoms with E-state index < -0.39 is 0 Å². The van der Waals surface area contributed by atoms with Gasteiger partial charge in [-0.1, -0.05) is 212 Å². The molecule has 0 saturated heterocycles. The molecule has 0 fully saturated rings. The Morgan fingerprint density at radius 3 is 1.38 bits per heavy atom. The van der Waals surface area contributed by atoms with Gasteiger partial charge < -0.3 is 4.90 Å². The van der Waals surface area contributed by atoms with E-state index >= 15 is 0 Å². The summed E-state index contributed by atoms with van der Waals surface area (Å²) in [5.41, 5.74) is 15.3. The summed E-state index contributed by atoms with van der Waals surface area (Å²) in [6.45, 7) is 0. The van der Waals surface area contributed by atoms with E-state index in [0.29, 0.717) is 0 Å². The van der Waals surface area contributed by atoms with Crippen molar-refractivity contribution < 1.29 is 0 Å². The van der Waals surface area contributed by atoms with Crippen LogP contribution < -0.4 is 4.90 Å². The second-order valence-corrected chi connectivity index (χ2v) is 16.9. The molecule has 1 nitrogen and oxygen atoms in total. The van der Waals surface area contributed by atoms with Crippen LogP contribution in [0.25, 0.3) is 98.7 Å². The zero-order chi connectivity index (χ0) is 43.1. The molecule has 304 valence electrons. The molecular weight excluding hydrogens is 783 g/mol. The summed E-state index contributed by atoms with van der Waals surface area (Å²) in [7, 11) is 0. The monoisotopic (exact) mass is 825 g/mol. The number of hydrogen-bond acceptors (Lipinski definition) is 1. The van der Waals surface area contributed by atoms with E-state index in [1.54, 1.807) is 0 Å². The fourth-order valence-corrected chi connectivity index (χ4v) is 9.71. The van der Waals surface area contributed by atoms with Crippen LogP contribution in [0.3, 0.4) is 0 Å². The summed E-state index contributed by atoms with van der Waals surface area (Å²) in [4.78, 5) is 2.38. The maximum Gasteiger partial charge on any atom is 0.0467 e. The SMILES string of the molecule is c1ccc(-c2c(-c3ccc(N(c4ccc(-c5ccc(-c6ccc7ccccc7c6)cc5)cc4)c4cccc(-c5ccc6c(ccc7ccccc76)c5)c4)cc3)ccc3ccccc23)cc1. The van der Waals surface area contributed by atoms with E-state index in [0.717, 1.165) is 17.1 Å².